The molecular weight excluding hydrogens is 369 g/mol. The molecule has 1 aromatic carbocycles. The summed E-state index contributed by atoms with van der Waals surface area (Å²) in [5, 5.41) is 13.8. The standard InChI is InChI=1S/C20H25ClFN3O2/c1-20(2,3)25-19(27)14-5-4-8-24-17(14)11-18(26)16(23)10-12-9-13(21)6-7-15(12)22/h4-9,16,18,26H,10-11,23H2,1-3H3,(H,25,27). The lowest BCUT2D eigenvalue weighted by molar-refractivity contribution is 0.0916. The maximum atomic E-state index is 13.9. The van der Waals surface area contributed by atoms with Crippen LogP contribution < -0.4 is 11.1 Å². The monoisotopic (exact) mass is 393 g/mol. The highest BCUT2D eigenvalue weighted by molar-refractivity contribution is 6.30. The fourth-order valence-corrected chi connectivity index (χ4v) is 2.85. The number of benzene rings is 1. The smallest absolute Gasteiger partial charge is 0.253 e. The number of hydrogen-bond acceptors (Lipinski definition) is 4. The zero-order valence-electron chi connectivity index (χ0n) is 15.7. The minimum absolute atomic E-state index is 0.0804. The van der Waals surface area contributed by atoms with E-state index in [9.17, 15) is 14.3 Å². The van der Waals surface area contributed by atoms with E-state index >= 15 is 0 Å². The fraction of sp³-hybridized carbons (Fsp3) is 0.400. The van der Waals surface area contributed by atoms with Crippen molar-refractivity contribution in [2.75, 3.05) is 0 Å². The van der Waals surface area contributed by atoms with Crippen LogP contribution in [0.5, 0.6) is 0 Å². The van der Waals surface area contributed by atoms with E-state index < -0.39 is 23.5 Å². The van der Waals surface area contributed by atoms with Crippen molar-refractivity contribution in [2.24, 2.45) is 5.73 Å². The molecule has 5 nitrogen and oxygen atoms in total. The highest BCUT2D eigenvalue weighted by Gasteiger charge is 2.23. The summed E-state index contributed by atoms with van der Waals surface area (Å²) in [4.78, 5) is 16.7. The third-order valence-corrected chi connectivity index (χ3v) is 4.22. The van der Waals surface area contributed by atoms with E-state index in [1.54, 1.807) is 18.3 Å². The summed E-state index contributed by atoms with van der Waals surface area (Å²) >= 11 is 5.89. The number of halogens is 2. The fourth-order valence-electron chi connectivity index (χ4n) is 2.65. The molecule has 2 unspecified atom stereocenters. The predicted molar refractivity (Wildman–Crippen MR) is 104 cm³/mol. The maximum Gasteiger partial charge on any atom is 0.253 e. The quantitative estimate of drug-likeness (QED) is 0.704. The Morgan fingerprint density at radius 3 is 2.70 bits per heavy atom. The predicted octanol–water partition coefficient (Wildman–Crippen LogP) is 2.88. The van der Waals surface area contributed by atoms with Crippen molar-refractivity contribution in [1.82, 2.24) is 10.3 Å². The van der Waals surface area contributed by atoms with E-state index in [-0.39, 0.29) is 18.7 Å². The molecule has 1 aromatic heterocycles. The first-order valence-corrected chi connectivity index (χ1v) is 9.08. The van der Waals surface area contributed by atoms with Gasteiger partial charge in [-0.2, -0.15) is 0 Å². The number of aliphatic hydroxyl groups is 1. The second-order valence-corrected chi connectivity index (χ2v) is 8.01. The van der Waals surface area contributed by atoms with Gasteiger partial charge >= 0.3 is 0 Å². The molecule has 4 N–H and O–H groups in total. The number of aromatic nitrogens is 1. The van der Waals surface area contributed by atoms with Crippen LogP contribution >= 0.6 is 11.6 Å². The van der Waals surface area contributed by atoms with Crippen molar-refractivity contribution >= 4 is 17.5 Å². The number of carbonyl (C=O) groups excluding carboxylic acids is 1. The SMILES string of the molecule is CC(C)(C)NC(=O)c1cccnc1CC(O)C(N)Cc1cc(Cl)ccc1F. The molecular formula is C20H25ClFN3O2. The Morgan fingerprint density at radius 2 is 2.04 bits per heavy atom. The van der Waals surface area contributed by atoms with E-state index in [1.807, 2.05) is 20.8 Å². The van der Waals surface area contributed by atoms with Crippen LogP contribution in [0.4, 0.5) is 4.39 Å². The molecule has 0 aliphatic heterocycles. The lowest BCUT2D eigenvalue weighted by Gasteiger charge is -2.23. The molecule has 146 valence electrons. The maximum absolute atomic E-state index is 13.9. The van der Waals surface area contributed by atoms with Crippen molar-refractivity contribution in [3.05, 3.63) is 64.2 Å². The molecule has 0 saturated heterocycles. The van der Waals surface area contributed by atoms with Crippen molar-refractivity contribution < 1.29 is 14.3 Å². The van der Waals surface area contributed by atoms with E-state index in [1.165, 1.54) is 18.2 Å². The summed E-state index contributed by atoms with van der Waals surface area (Å²) in [5.74, 6) is -0.697. The Kier molecular flexibility index (Phi) is 6.92. The topological polar surface area (TPSA) is 88.2 Å². The van der Waals surface area contributed by atoms with Gasteiger partial charge in [-0.1, -0.05) is 11.6 Å². The molecule has 0 saturated carbocycles. The molecule has 1 amide bonds. The first-order chi connectivity index (χ1) is 12.6. The zero-order valence-corrected chi connectivity index (χ0v) is 16.4. The molecule has 0 radical (unpaired) electrons. The molecule has 2 rings (SSSR count). The Balaban J connectivity index is 2.12. The van der Waals surface area contributed by atoms with E-state index in [0.29, 0.717) is 21.8 Å². The Morgan fingerprint density at radius 1 is 1.33 bits per heavy atom. The highest BCUT2D eigenvalue weighted by atomic mass is 35.5. The van der Waals surface area contributed by atoms with Gasteiger partial charge < -0.3 is 16.2 Å². The average molecular weight is 394 g/mol. The van der Waals surface area contributed by atoms with Crippen LogP contribution in [0.2, 0.25) is 5.02 Å². The van der Waals surface area contributed by atoms with Gasteiger partial charge in [0, 0.05) is 29.2 Å². The molecule has 0 bridgehead atoms. The lowest BCUT2D eigenvalue weighted by Crippen LogP contribution is -2.42. The van der Waals surface area contributed by atoms with E-state index in [4.69, 9.17) is 17.3 Å². The molecule has 7 heteroatoms. The lowest BCUT2D eigenvalue weighted by atomic mass is 9.96. The van der Waals surface area contributed by atoms with E-state index in [2.05, 4.69) is 10.3 Å². The number of nitrogens with two attached hydrogens (primary N) is 1. The average Bonchev–Trinajstić information content (AvgIpc) is 2.57. The van der Waals surface area contributed by atoms with Crippen molar-refractivity contribution in [1.29, 1.82) is 0 Å². The molecule has 0 aliphatic carbocycles. The minimum Gasteiger partial charge on any atom is -0.391 e. The summed E-state index contributed by atoms with van der Waals surface area (Å²) in [7, 11) is 0. The van der Waals surface area contributed by atoms with Gasteiger partial charge in [-0.3, -0.25) is 9.78 Å². The third-order valence-electron chi connectivity index (χ3n) is 3.98. The van der Waals surface area contributed by atoms with Crippen LogP contribution in [-0.2, 0) is 12.8 Å². The Hall–Kier alpha value is -2.02. The molecule has 0 spiro atoms. The van der Waals surface area contributed by atoms with Crippen LogP contribution in [0, 0.1) is 5.82 Å². The number of nitrogens with one attached hydrogen (secondary N) is 1. The van der Waals surface area contributed by atoms with Gasteiger partial charge in [0.15, 0.2) is 0 Å². The summed E-state index contributed by atoms with van der Waals surface area (Å²) in [6.07, 6.45) is 0.749. The van der Waals surface area contributed by atoms with Crippen molar-refractivity contribution in [3.8, 4) is 0 Å². The van der Waals surface area contributed by atoms with Gasteiger partial charge in [0.05, 0.1) is 17.4 Å². The van der Waals surface area contributed by atoms with Crippen LogP contribution in [0.15, 0.2) is 36.5 Å². The first kappa shape index (κ1) is 21.3. The number of pyridine rings is 1. The number of nitrogens with zero attached hydrogens (tertiary/aromatic N) is 1. The highest BCUT2D eigenvalue weighted by Crippen LogP contribution is 2.18. The van der Waals surface area contributed by atoms with Crippen LogP contribution in [0.3, 0.4) is 0 Å². The second-order valence-electron chi connectivity index (χ2n) is 7.58. The summed E-state index contributed by atoms with van der Waals surface area (Å²) in [5.41, 5.74) is 6.81. The van der Waals surface area contributed by atoms with Gasteiger partial charge in [-0.15, -0.1) is 0 Å². The van der Waals surface area contributed by atoms with Crippen molar-refractivity contribution in [3.63, 3.8) is 0 Å². The third kappa shape index (κ3) is 6.27. The summed E-state index contributed by atoms with van der Waals surface area (Å²) in [6, 6.07) is 6.79. The second kappa shape index (κ2) is 8.78. The van der Waals surface area contributed by atoms with Gasteiger partial charge in [-0.25, -0.2) is 4.39 Å². The molecule has 2 aromatic rings. The Labute approximate surface area is 163 Å². The van der Waals surface area contributed by atoms with Crippen LogP contribution in [-0.4, -0.2) is 33.7 Å². The van der Waals surface area contributed by atoms with Crippen LogP contribution in [0.25, 0.3) is 0 Å². The van der Waals surface area contributed by atoms with Gasteiger partial charge in [0.1, 0.15) is 5.82 Å². The van der Waals surface area contributed by atoms with Crippen molar-refractivity contribution in [2.45, 2.75) is 51.3 Å². The normalized spacial score (nSPS) is 13.9. The first-order valence-electron chi connectivity index (χ1n) is 8.71. The summed E-state index contributed by atoms with van der Waals surface area (Å²) in [6.45, 7) is 5.64. The largest absolute Gasteiger partial charge is 0.391 e. The number of carbonyl (C=O) groups is 1. The molecule has 2 atom stereocenters. The zero-order chi connectivity index (χ0) is 20.2. The van der Waals surface area contributed by atoms with Gasteiger partial charge in [0.25, 0.3) is 5.91 Å². The molecule has 0 fully saturated rings. The number of amides is 1. The number of rotatable bonds is 6. The van der Waals surface area contributed by atoms with E-state index in [0.717, 1.165) is 0 Å². The minimum atomic E-state index is -1.00. The number of aliphatic hydroxyl groups excluding tert-OH is 1. The Bertz CT molecular complexity index is 808. The van der Waals surface area contributed by atoms with Crippen LogP contribution in [0.1, 0.15) is 42.4 Å². The molecule has 1 heterocycles. The summed E-state index contributed by atoms with van der Waals surface area (Å²) < 4.78 is 13.9. The molecule has 0 aliphatic rings. The molecule has 27 heavy (non-hydrogen) atoms. The van der Waals surface area contributed by atoms with Gasteiger partial charge in [0.2, 0.25) is 0 Å². The number of hydrogen-bond donors (Lipinski definition) is 3. The van der Waals surface area contributed by atoms with Gasteiger partial charge in [-0.05, 0) is 63.1 Å².